The summed E-state index contributed by atoms with van der Waals surface area (Å²) in [5.74, 6) is 0.488. The summed E-state index contributed by atoms with van der Waals surface area (Å²) in [5, 5.41) is 3.51. The van der Waals surface area contributed by atoms with Gasteiger partial charge in [0, 0.05) is 25.3 Å². The van der Waals surface area contributed by atoms with Crippen molar-refractivity contribution in [2.75, 3.05) is 6.54 Å². The molecule has 2 saturated carbocycles. The number of nitrogens with one attached hydrogen (secondary N) is 2. The summed E-state index contributed by atoms with van der Waals surface area (Å²) in [7, 11) is -3.46. The van der Waals surface area contributed by atoms with Crippen molar-refractivity contribution < 1.29 is 8.42 Å². The summed E-state index contributed by atoms with van der Waals surface area (Å²) in [6, 6.07) is 4.08. The second-order valence-corrected chi connectivity index (χ2v) is 7.88. The van der Waals surface area contributed by atoms with Crippen molar-refractivity contribution in [3.05, 3.63) is 23.9 Å². The van der Waals surface area contributed by atoms with Crippen LogP contribution in [-0.2, 0) is 16.6 Å². The molecule has 0 aromatic carbocycles. The number of hydrogen-bond donors (Lipinski definition) is 2. The molecule has 0 unspecified atom stereocenters. The highest BCUT2D eigenvalue weighted by atomic mass is 32.2. The molecule has 6 heteroatoms. The van der Waals surface area contributed by atoms with Crippen molar-refractivity contribution in [2.24, 2.45) is 5.92 Å². The molecule has 2 aliphatic rings. The standard InChI is InChI=1S/C15H23N3O2S/c19-21(20,18-11-12-3-1-2-4-12)15-8-5-13(10-17-15)9-16-14-6-7-14/h5,8,10,12,14,16,18H,1-4,6-7,9,11H2. The van der Waals surface area contributed by atoms with Gasteiger partial charge in [0.25, 0.3) is 10.0 Å². The Balaban J connectivity index is 1.55. The lowest BCUT2D eigenvalue weighted by atomic mass is 10.1. The van der Waals surface area contributed by atoms with E-state index in [0.29, 0.717) is 18.5 Å². The van der Waals surface area contributed by atoms with Crippen LogP contribution < -0.4 is 10.0 Å². The quantitative estimate of drug-likeness (QED) is 0.806. The second-order valence-electron chi connectivity index (χ2n) is 6.16. The molecule has 0 atom stereocenters. The lowest BCUT2D eigenvalue weighted by Crippen LogP contribution is -2.29. The molecule has 2 N–H and O–H groups in total. The minimum absolute atomic E-state index is 0.121. The maximum absolute atomic E-state index is 12.2. The minimum Gasteiger partial charge on any atom is -0.310 e. The SMILES string of the molecule is O=S(=O)(NCC1CCCC1)c1ccc(CNC2CC2)cn1. The third-order valence-electron chi connectivity index (χ3n) is 4.28. The van der Waals surface area contributed by atoms with Gasteiger partial charge in [0.15, 0.2) is 5.03 Å². The molecular weight excluding hydrogens is 286 g/mol. The molecule has 1 aromatic rings. The Hall–Kier alpha value is -0.980. The largest absolute Gasteiger partial charge is 0.310 e. The summed E-state index contributed by atoms with van der Waals surface area (Å²) < 4.78 is 27.1. The van der Waals surface area contributed by atoms with E-state index in [9.17, 15) is 8.42 Å². The molecule has 0 saturated heterocycles. The Labute approximate surface area is 126 Å². The maximum atomic E-state index is 12.2. The van der Waals surface area contributed by atoms with Gasteiger partial charge in [0.1, 0.15) is 0 Å². The third-order valence-corrected chi connectivity index (χ3v) is 5.62. The molecule has 1 aromatic heterocycles. The highest BCUT2D eigenvalue weighted by molar-refractivity contribution is 7.89. The molecule has 0 spiro atoms. The van der Waals surface area contributed by atoms with Crippen LogP contribution in [0.2, 0.25) is 0 Å². The molecule has 1 heterocycles. The number of rotatable bonds is 7. The normalized spacial score (nSPS) is 20.0. The fourth-order valence-electron chi connectivity index (χ4n) is 2.74. The third kappa shape index (κ3) is 4.25. The van der Waals surface area contributed by atoms with Crippen molar-refractivity contribution in [3.8, 4) is 0 Å². The van der Waals surface area contributed by atoms with Crippen LogP contribution in [0.3, 0.4) is 0 Å². The smallest absolute Gasteiger partial charge is 0.258 e. The maximum Gasteiger partial charge on any atom is 0.258 e. The van der Waals surface area contributed by atoms with Crippen LogP contribution >= 0.6 is 0 Å². The van der Waals surface area contributed by atoms with Crippen molar-refractivity contribution in [1.82, 2.24) is 15.0 Å². The van der Waals surface area contributed by atoms with Crippen molar-refractivity contribution in [1.29, 1.82) is 0 Å². The summed E-state index contributed by atoms with van der Waals surface area (Å²) in [6.45, 7) is 1.29. The molecule has 116 valence electrons. The van der Waals surface area contributed by atoms with Gasteiger partial charge in [-0.05, 0) is 43.2 Å². The van der Waals surface area contributed by atoms with E-state index in [1.54, 1.807) is 12.3 Å². The Morgan fingerprint density at radius 1 is 1.14 bits per heavy atom. The molecule has 3 rings (SSSR count). The van der Waals surface area contributed by atoms with Gasteiger partial charge in [0.2, 0.25) is 0 Å². The Morgan fingerprint density at radius 3 is 2.52 bits per heavy atom. The number of pyridine rings is 1. The van der Waals surface area contributed by atoms with E-state index in [1.807, 2.05) is 6.07 Å². The van der Waals surface area contributed by atoms with Crippen molar-refractivity contribution in [3.63, 3.8) is 0 Å². The minimum atomic E-state index is -3.46. The van der Waals surface area contributed by atoms with E-state index in [1.165, 1.54) is 25.7 Å². The van der Waals surface area contributed by atoms with E-state index in [-0.39, 0.29) is 5.03 Å². The van der Waals surface area contributed by atoms with Gasteiger partial charge in [-0.1, -0.05) is 18.9 Å². The highest BCUT2D eigenvalue weighted by Gasteiger charge is 2.21. The highest BCUT2D eigenvalue weighted by Crippen LogP contribution is 2.24. The van der Waals surface area contributed by atoms with Crippen LogP contribution in [0, 0.1) is 5.92 Å². The Kier molecular flexibility index (Phi) is 4.57. The number of hydrogen-bond acceptors (Lipinski definition) is 4. The Morgan fingerprint density at radius 2 is 1.90 bits per heavy atom. The van der Waals surface area contributed by atoms with Crippen molar-refractivity contribution >= 4 is 10.0 Å². The summed E-state index contributed by atoms with van der Waals surface area (Å²) in [5.41, 5.74) is 1.02. The van der Waals surface area contributed by atoms with Gasteiger partial charge in [-0.3, -0.25) is 0 Å². The van der Waals surface area contributed by atoms with Gasteiger partial charge in [-0.15, -0.1) is 0 Å². The lowest BCUT2D eigenvalue weighted by Gasteiger charge is -2.11. The number of sulfonamides is 1. The molecular formula is C15H23N3O2S. The first-order valence-electron chi connectivity index (χ1n) is 7.81. The van der Waals surface area contributed by atoms with Crippen LogP contribution in [0.15, 0.2) is 23.4 Å². The van der Waals surface area contributed by atoms with E-state index < -0.39 is 10.0 Å². The predicted octanol–water partition coefficient (Wildman–Crippen LogP) is 1.80. The molecule has 5 nitrogen and oxygen atoms in total. The van der Waals surface area contributed by atoms with E-state index in [0.717, 1.165) is 24.9 Å². The first-order valence-corrected chi connectivity index (χ1v) is 9.30. The molecule has 2 fully saturated rings. The van der Waals surface area contributed by atoms with Crippen LogP contribution in [0.5, 0.6) is 0 Å². The molecule has 0 aliphatic heterocycles. The summed E-state index contributed by atoms with van der Waals surface area (Å²) in [4.78, 5) is 4.10. The first kappa shape index (κ1) is 14.9. The van der Waals surface area contributed by atoms with Gasteiger partial charge >= 0.3 is 0 Å². The van der Waals surface area contributed by atoms with E-state index >= 15 is 0 Å². The van der Waals surface area contributed by atoms with Gasteiger partial charge < -0.3 is 5.32 Å². The average molecular weight is 309 g/mol. The van der Waals surface area contributed by atoms with Crippen LogP contribution in [0.25, 0.3) is 0 Å². The second kappa shape index (κ2) is 6.42. The van der Waals surface area contributed by atoms with Gasteiger partial charge in [-0.2, -0.15) is 0 Å². The zero-order chi connectivity index (χ0) is 14.7. The van der Waals surface area contributed by atoms with Gasteiger partial charge in [-0.25, -0.2) is 18.1 Å². The fourth-order valence-corrected chi connectivity index (χ4v) is 3.78. The van der Waals surface area contributed by atoms with Crippen molar-refractivity contribution in [2.45, 2.75) is 56.1 Å². The monoisotopic (exact) mass is 309 g/mol. The van der Waals surface area contributed by atoms with E-state index in [2.05, 4.69) is 15.0 Å². The average Bonchev–Trinajstić information content (AvgIpc) is 3.17. The molecule has 21 heavy (non-hydrogen) atoms. The van der Waals surface area contributed by atoms with E-state index in [4.69, 9.17) is 0 Å². The number of nitrogens with zero attached hydrogens (tertiary/aromatic N) is 1. The van der Waals surface area contributed by atoms with Gasteiger partial charge in [0.05, 0.1) is 0 Å². The van der Waals surface area contributed by atoms with Crippen LogP contribution in [0.1, 0.15) is 44.1 Å². The first-order chi connectivity index (χ1) is 10.1. The zero-order valence-corrected chi connectivity index (χ0v) is 13.0. The lowest BCUT2D eigenvalue weighted by molar-refractivity contribution is 0.518. The Bertz CT molecular complexity index is 561. The van der Waals surface area contributed by atoms with Crippen LogP contribution in [0.4, 0.5) is 0 Å². The molecule has 0 bridgehead atoms. The number of aromatic nitrogens is 1. The summed E-state index contributed by atoms with van der Waals surface area (Å²) in [6.07, 6.45) is 8.82. The summed E-state index contributed by atoms with van der Waals surface area (Å²) >= 11 is 0. The predicted molar refractivity (Wildman–Crippen MR) is 81.2 cm³/mol. The molecule has 0 radical (unpaired) electrons. The topological polar surface area (TPSA) is 71.1 Å². The molecule has 2 aliphatic carbocycles. The zero-order valence-electron chi connectivity index (χ0n) is 12.2. The fraction of sp³-hybridized carbons (Fsp3) is 0.667. The molecule has 0 amide bonds. The van der Waals surface area contributed by atoms with Crippen LogP contribution in [-0.4, -0.2) is 26.0 Å².